The fraction of sp³-hybridized carbons (Fsp3) is 0.182. The van der Waals surface area contributed by atoms with Gasteiger partial charge in [-0.25, -0.2) is 4.98 Å². The zero-order valence-corrected chi connectivity index (χ0v) is 18.9. The minimum atomic E-state index is -0.0861. The quantitative estimate of drug-likeness (QED) is 0.339. The minimum Gasteiger partial charge on any atom is -0.370 e. The largest absolute Gasteiger partial charge is 0.370 e. The van der Waals surface area contributed by atoms with E-state index in [1.165, 1.54) is 0 Å². The van der Waals surface area contributed by atoms with E-state index in [0.717, 1.165) is 40.9 Å². The second kappa shape index (κ2) is 9.89. The lowest BCUT2D eigenvalue weighted by atomic mass is 10.1. The van der Waals surface area contributed by atoms with Crippen LogP contribution < -0.4 is 10.6 Å². The maximum absolute atomic E-state index is 12.1. The molecule has 31 heavy (non-hydrogen) atoms. The molecule has 0 fully saturated rings. The first-order valence-electron chi connectivity index (χ1n) is 9.85. The lowest BCUT2D eigenvalue weighted by molar-refractivity contribution is 0.0953. The van der Waals surface area contributed by atoms with Crippen LogP contribution in [-0.4, -0.2) is 38.6 Å². The summed E-state index contributed by atoms with van der Waals surface area (Å²) >= 11 is 9.89. The zero-order chi connectivity index (χ0) is 21.6. The molecular formula is C22H20BrClN6O. The number of benzene rings is 1. The standard InChI is InChI=1S/C22H20BrClN6O/c23-17-14-28-30-20(13-19(29-21(17)30)16-5-1-2-6-18(16)24)26-9-3-4-10-27-22(31)15-7-11-25-12-8-15/h1-2,5-8,11-14,26H,3-4,9-10H2,(H,27,31). The number of rotatable bonds is 8. The van der Waals surface area contributed by atoms with Gasteiger partial charge in [0.05, 0.1) is 16.4 Å². The number of carbonyl (C=O) groups is 1. The summed E-state index contributed by atoms with van der Waals surface area (Å²) in [6, 6.07) is 13.0. The molecule has 4 aromatic rings. The number of carbonyl (C=O) groups excluding carboxylic acids is 1. The van der Waals surface area contributed by atoms with Crippen molar-refractivity contribution in [3.63, 3.8) is 0 Å². The molecule has 0 radical (unpaired) electrons. The van der Waals surface area contributed by atoms with E-state index in [1.54, 1.807) is 35.2 Å². The first kappa shape index (κ1) is 21.3. The average Bonchev–Trinajstić information content (AvgIpc) is 3.17. The van der Waals surface area contributed by atoms with Crippen molar-refractivity contribution in [2.24, 2.45) is 0 Å². The molecule has 0 aliphatic rings. The summed E-state index contributed by atoms with van der Waals surface area (Å²) in [4.78, 5) is 20.7. The van der Waals surface area contributed by atoms with Crippen LogP contribution in [0.2, 0.25) is 5.02 Å². The van der Waals surface area contributed by atoms with E-state index in [1.807, 2.05) is 30.3 Å². The van der Waals surface area contributed by atoms with Gasteiger partial charge in [-0.1, -0.05) is 29.8 Å². The lowest BCUT2D eigenvalue weighted by Gasteiger charge is -2.12. The maximum Gasteiger partial charge on any atom is 0.251 e. The molecule has 0 aliphatic carbocycles. The summed E-state index contributed by atoms with van der Waals surface area (Å²) in [5, 5.41) is 11.4. The van der Waals surface area contributed by atoms with Crippen LogP contribution in [0.4, 0.5) is 5.82 Å². The summed E-state index contributed by atoms with van der Waals surface area (Å²) in [5.74, 6) is 0.739. The van der Waals surface area contributed by atoms with Gasteiger partial charge in [0.1, 0.15) is 5.82 Å². The number of nitrogens with zero attached hydrogens (tertiary/aromatic N) is 4. The van der Waals surface area contributed by atoms with Gasteiger partial charge >= 0.3 is 0 Å². The van der Waals surface area contributed by atoms with Crippen molar-refractivity contribution in [3.8, 4) is 11.3 Å². The number of hydrogen-bond donors (Lipinski definition) is 2. The van der Waals surface area contributed by atoms with Crippen LogP contribution in [0.3, 0.4) is 0 Å². The van der Waals surface area contributed by atoms with E-state index in [9.17, 15) is 4.79 Å². The topological polar surface area (TPSA) is 84.2 Å². The Morgan fingerprint density at radius 3 is 2.68 bits per heavy atom. The van der Waals surface area contributed by atoms with Gasteiger partial charge in [0.15, 0.2) is 5.65 Å². The Morgan fingerprint density at radius 1 is 1.10 bits per heavy atom. The number of hydrogen-bond acceptors (Lipinski definition) is 5. The van der Waals surface area contributed by atoms with E-state index in [4.69, 9.17) is 16.6 Å². The Labute approximate surface area is 193 Å². The molecule has 9 heteroatoms. The van der Waals surface area contributed by atoms with Gasteiger partial charge in [-0.3, -0.25) is 9.78 Å². The lowest BCUT2D eigenvalue weighted by Crippen LogP contribution is -2.24. The Hall–Kier alpha value is -2.97. The molecule has 1 amide bonds. The van der Waals surface area contributed by atoms with Crippen molar-refractivity contribution in [2.75, 3.05) is 18.4 Å². The summed E-state index contributed by atoms with van der Waals surface area (Å²) in [5.41, 5.74) is 2.96. The second-order valence-electron chi connectivity index (χ2n) is 6.86. The molecule has 3 aromatic heterocycles. The summed E-state index contributed by atoms with van der Waals surface area (Å²) in [7, 11) is 0. The number of unbranched alkanes of at least 4 members (excludes halogenated alkanes) is 1. The normalized spacial score (nSPS) is 10.9. The van der Waals surface area contributed by atoms with Crippen LogP contribution in [0.1, 0.15) is 23.2 Å². The first-order valence-corrected chi connectivity index (χ1v) is 11.0. The number of fused-ring (bicyclic) bond motifs is 1. The molecule has 0 unspecified atom stereocenters. The second-order valence-corrected chi connectivity index (χ2v) is 8.12. The third-order valence-electron chi connectivity index (χ3n) is 4.72. The van der Waals surface area contributed by atoms with Gasteiger partial charge < -0.3 is 10.6 Å². The number of aromatic nitrogens is 4. The summed E-state index contributed by atoms with van der Waals surface area (Å²) < 4.78 is 2.57. The number of pyridine rings is 1. The predicted molar refractivity (Wildman–Crippen MR) is 125 cm³/mol. The SMILES string of the molecule is O=C(NCCCCNc1cc(-c2ccccc2Cl)nc2c(Br)cnn12)c1ccncc1. The van der Waals surface area contributed by atoms with Crippen molar-refractivity contribution in [2.45, 2.75) is 12.8 Å². The molecule has 0 saturated carbocycles. The molecule has 0 bridgehead atoms. The van der Waals surface area contributed by atoms with Crippen molar-refractivity contribution in [1.29, 1.82) is 0 Å². The number of halogens is 2. The smallest absolute Gasteiger partial charge is 0.251 e. The van der Waals surface area contributed by atoms with Crippen molar-refractivity contribution in [3.05, 3.63) is 76.1 Å². The van der Waals surface area contributed by atoms with Crippen LogP contribution >= 0.6 is 27.5 Å². The molecule has 0 saturated heterocycles. The van der Waals surface area contributed by atoms with Crippen molar-refractivity contribution in [1.82, 2.24) is 24.9 Å². The molecule has 1 aromatic carbocycles. The van der Waals surface area contributed by atoms with Crippen LogP contribution in [0, 0.1) is 0 Å². The molecule has 0 spiro atoms. The Balaban J connectivity index is 1.38. The first-order chi connectivity index (χ1) is 15.1. The Morgan fingerprint density at radius 2 is 1.87 bits per heavy atom. The minimum absolute atomic E-state index is 0.0861. The molecule has 0 atom stereocenters. The fourth-order valence-electron chi connectivity index (χ4n) is 3.14. The molecule has 158 valence electrons. The maximum atomic E-state index is 12.1. The van der Waals surface area contributed by atoms with Crippen LogP contribution in [0.15, 0.2) is 65.5 Å². The van der Waals surface area contributed by atoms with Crippen LogP contribution in [0.5, 0.6) is 0 Å². The van der Waals surface area contributed by atoms with Gasteiger partial charge in [0.25, 0.3) is 5.91 Å². The summed E-state index contributed by atoms with van der Waals surface area (Å²) in [6.45, 7) is 1.33. The highest BCUT2D eigenvalue weighted by Gasteiger charge is 2.13. The van der Waals surface area contributed by atoms with Gasteiger partial charge in [-0.2, -0.15) is 9.61 Å². The van der Waals surface area contributed by atoms with Crippen molar-refractivity contribution < 1.29 is 4.79 Å². The highest BCUT2D eigenvalue weighted by molar-refractivity contribution is 9.10. The molecule has 2 N–H and O–H groups in total. The molecular weight excluding hydrogens is 480 g/mol. The summed E-state index contributed by atoms with van der Waals surface area (Å²) in [6.07, 6.45) is 6.67. The predicted octanol–water partition coefficient (Wildman–Crippen LogP) is 4.83. The molecule has 4 rings (SSSR count). The highest BCUT2D eigenvalue weighted by atomic mass is 79.9. The third-order valence-corrected chi connectivity index (χ3v) is 5.61. The molecule has 0 aliphatic heterocycles. The monoisotopic (exact) mass is 498 g/mol. The Bertz CT molecular complexity index is 1200. The molecule has 7 nitrogen and oxygen atoms in total. The number of nitrogens with one attached hydrogen (secondary N) is 2. The van der Waals surface area contributed by atoms with E-state index in [-0.39, 0.29) is 5.91 Å². The van der Waals surface area contributed by atoms with Gasteiger partial charge in [-0.05, 0) is 47.0 Å². The average molecular weight is 500 g/mol. The van der Waals surface area contributed by atoms with Crippen LogP contribution in [-0.2, 0) is 0 Å². The molecule has 3 heterocycles. The van der Waals surface area contributed by atoms with Gasteiger partial charge in [-0.15, -0.1) is 0 Å². The third kappa shape index (κ3) is 5.03. The van der Waals surface area contributed by atoms with Gasteiger partial charge in [0.2, 0.25) is 0 Å². The van der Waals surface area contributed by atoms with Crippen molar-refractivity contribution >= 4 is 44.9 Å². The van der Waals surface area contributed by atoms with E-state index >= 15 is 0 Å². The Kier molecular flexibility index (Phi) is 6.79. The number of anilines is 1. The fourth-order valence-corrected chi connectivity index (χ4v) is 3.72. The van der Waals surface area contributed by atoms with Gasteiger partial charge in [0, 0.05) is 47.7 Å². The van der Waals surface area contributed by atoms with E-state index in [2.05, 4.69) is 36.6 Å². The van der Waals surface area contributed by atoms with Crippen LogP contribution in [0.25, 0.3) is 16.9 Å². The van der Waals surface area contributed by atoms with E-state index in [0.29, 0.717) is 22.8 Å². The highest BCUT2D eigenvalue weighted by Crippen LogP contribution is 2.30. The zero-order valence-electron chi connectivity index (χ0n) is 16.6. The number of amides is 1. The van der Waals surface area contributed by atoms with E-state index < -0.39 is 0 Å².